The van der Waals surface area contributed by atoms with Crippen molar-refractivity contribution in [2.75, 3.05) is 0 Å². The van der Waals surface area contributed by atoms with Crippen LogP contribution in [0.1, 0.15) is 15.2 Å². The first-order valence-corrected chi connectivity index (χ1v) is 2.13. The van der Waals surface area contributed by atoms with E-state index in [4.69, 9.17) is 7.16 Å². The van der Waals surface area contributed by atoms with Gasteiger partial charge in [-0.3, -0.25) is 0 Å². The van der Waals surface area contributed by atoms with Crippen molar-refractivity contribution in [1.82, 2.24) is 0 Å². The molecular formula is C6H8O. The second-order valence-corrected chi connectivity index (χ2v) is 1.26. The molecule has 1 heterocycles. The van der Waals surface area contributed by atoms with Crippen LogP contribution >= 0.6 is 0 Å². The van der Waals surface area contributed by atoms with Gasteiger partial charge >= 0.3 is 0 Å². The van der Waals surface area contributed by atoms with Crippen LogP contribution in [0.2, 0.25) is 0 Å². The predicted molar refractivity (Wildman–Crippen MR) is 28.1 cm³/mol. The minimum absolute atomic E-state index is 0.586. The average Bonchev–Trinajstić information content (AvgIpc) is 2.08. The van der Waals surface area contributed by atoms with Crippen LogP contribution in [0.5, 0.6) is 0 Å². The zero-order chi connectivity index (χ0) is 6.91. The average molecular weight is 98.1 g/mol. The molecule has 0 aliphatic rings. The molecule has 0 saturated carbocycles. The summed E-state index contributed by atoms with van der Waals surface area (Å²) < 4.78 is 19.1. The van der Waals surface area contributed by atoms with Crippen LogP contribution in [-0.4, -0.2) is 0 Å². The molecule has 0 amide bonds. The van der Waals surface area contributed by atoms with Gasteiger partial charge in [0.1, 0.15) is 0 Å². The maximum absolute atomic E-state index is 7.20. The van der Waals surface area contributed by atoms with E-state index in [1.54, 1.807) is 6.07 Å². The lowest BCUT2D eigenvalue weighted by atomic mass is 10.3. The van der Waals surface area contributed by atoms with Gasteiger partial charge in [-0.05, 0) is 18.0 Å². The highest BCUT2D eigenvalue weighted by molar-refractivity contribution is 5.03. The molecule has 0 aromatic carbocycles. The molecule has 0 atom stereocenters. The molecule has 1 aromatic heterocycles. The lowest BCUT2D eigenvalue weighted by Gasteiger charge is -1.76. The Balaban J connectivity index is 2.90. The molecule has 0 aliphatic carbocycles. The largest absolute Gasteiger partial charge is 0.472 e. The second-order valence-electron chi connectivity index (χ2n) is 1.26. The highest BCUT2D eigenvalue weighted by Gasteiger charge is 1.83. The summed E-state index contributed by atoms with van der Waals surface area (Å²) in [5.74, 6) is 0. The second kappa shape index (κ2) is 1.82. The standard InChI is InChI=1S/C6H8O/c1-2-6-3-4-7-5-6/h3-5H,2H2,1H3/i2D2. The third-order valence-electron chi connectivity index (χ3n) is 0.810. The molecule has 1 nitrogen and oxygen atoms in total. The zero-order valence-electron chi connectivity index (χ0n) is 6.14. The van der Waals surface area contributed by atoms with E-state index in [0.29, 0.717) is 5.56 Å². The molecular weight excluding hydrogens is 88.1 g/mol. The molecule has 0 saturated heterocycles. The summed E-state index contributed by atoms with van der Waals surface area (Å²) >= 11 is 0. The van der Waals surface area contributed by atoms with Gasteiger partial charge < -0.3 is 4.42 Å². The first-order valence-electron chi connectivity index (χ1n) is 3.13. The van der Waals surface area contributed by atoms with Gasteiger partial charge in [0.2, 0.25) is 0 Å². The summed E-state index contributed by atoms with van der Waals surface area (Å²) in [7, 11) is 0. The molecule has 7 heavy (non-hydrogen) atoms. The van der Waals surface area contributed by atoms with E-state index >= 15 is 0 Å². The van der Waals surface area contributed by atoms with E-state index in [0.717, 1.165) is 0 Å². The smallest absolute Gasteiger partial charge is 0.0934 e. The Morgan fingerprint density at radius 2 is 2.86 bits per heavy atom. The molecule has 1 heteroatoms. The molecule has 0 aliphatic heterocycles. The van der Waals surface area contributed by atoms with Crippen molar-refractivity contribution in [1.29, 1.82) is 0 Å². The van der Waals surface area contributed by atoms with Crippen molar-refractivity contribution in [2.24, 2.45) is 0 Å². The molecule has 0 radical (unpaired) electrons. The lowest BCUT2D eigenvalue weighted by molar-refractivity contribution is 0.564. The van der Waals surface area contributed by atoms with Crippen LogP contribution in [0, 0.1) is 0 Å². The Kier molecular flexibility index (Phi) is 0.666. The van der Waals surface area contributed by atoms with E-state index in [9.17, 15) is 0 Å². The number of rotatable bonds is 1. The summed E-state index contributed by atoms with van der Waals surface area (Å²) in [5, 5.41) is 0. The Labute approximate surface area is 45.8 Å². The third-order valence-corrected chi connectivity index (χ3v) is 0.810. The van der Waals surface area contributed by atoms with E-state index in [1.165, 1.54) is 19.5 Å². The summed E-state index contributed by atoms with van der Waals surface area (Å²) in [4.78, 5) is 0. The molecule has 1 aromatic rings. The minimum Gasteiger partial charge on any atom is -0.472 e. The maximum atomic E-state index is 7.20. The summed E-state index contributed by atoms with van der Waals surface area (Å²) in [5.41, 5.74) is 0.586. The van der Waals surface area contributed by atoms with E-state index in [2.05, 4.69) is 0 Å². The fourth-order valence-corrected chi connectivity index (χ4v) is 0.407. The SMILES string of the molecule is [2H]C([2H])(C)c1ccoc1. The van der Waals surface area contributed by atoms with E-state index in [1.807, 2.05) is 0 Å². The van der Waals surface area contributed by atoms with Gasteiger partial charge in [0.15, 0.2) is 0 Å². The molecule has 0 unspecified atom stereocenters. The Morgan fingerprint density at radius 3 is 3.14 bits per heavy atom. The van der Waals surface area contributed by atoms with Gasteiger partial charge in [0.25, 0.3) is 0 Å². The fourth-order valence-electron chi connectivity index (χ4n) is 0.407. The lowest BCUT2D eigenvalue weighted by Crippen LogP contribution is -1.66. The third kappa shape index (κ3) is 0.829. The van der Waals surface area contributed by atoms with Gasteiger partial charge in [0, 0.05) is 2.74 Å². The number of hydrogen-bond acceptors (Lipinski definition) is 1. The van der Waals surface area contributed by atoms with E-state index < -0.39 is 6.37 Å². The van der Waals surface area contributed by atoms with E-state index in [-0.39, 0.29) is 0 Å². The normalized spacial score (nSPS) is 15.6. The van der Waals surface area contributed by atoms with Crippen molar-refractivity contribution >= 4 is 0 Å². The van der Waals surface area contributed by atoms with Crippen LogP contribution < -0.4 is 0 Å². The highest BCUT2D eigenvalue weighted by Crippen LogP contribution is 1.98. The first-order chi connectivity index (χ1) is 4.11. The topological polar surface area (TPSA) is 13.1 Å². The van der Waals surface area contributed by atoms with Gasteiger partial charge in [0.05, 0.1) is 12.5 Å². The van der Waals surface area contributed by atoms with Crippen LogP contribution in [0.25, 0.3) is 0 Å². The molecule has 1 rings (SSSR count). The van der Waals surface area contributed by atoms with Gasteiger partial charge in [-0.15, -0.1) is 0 Å². The Bertz CT molecular complexity index is 173. The predicted octanol–water partition coefficient (Wildman–Crippen LogP) is 1.84. The molecule has 0 spiro atoms. The zero-order valence-corrected chi connectivity index (χ0v) is 4.14. The monoisotopic (exact) mass is 98.1 g/mol. The quantitative estimate of drug-likeness (QED) is 0.522. The summed E-state index contributed by atoms with van der Waals surface area (Å²) in [6.45, 7) is 1.50. The molecule has 0 fully saturated rings. The molecule has 0 N–H and O–H groups in total. The van der Waals surface area contributed by atoms with Crippen LogP contribution in [0.4, 0.5) is 0 Å². The van der Waals surface area contributed by atoms with Crippen molar-refractivity contribution in [3.8, 4) is 0 Å². The molecule has 0 bridgehead atoms. The highest BCUT2D eigenvalue weighted by atomic mass is 16.3. The van der Waals surface area contributed by atoms with Crippen LogP contribution in [0.15, 0.2) is 23.0 Å². The van der Waals surface area contributed by atoms with Crippen molar-refractivity contribution in [2.45, 2.75) is 13.3 Å². The van der Waals surface area contributed by atoms with Crippen molar-refractivity contribution in [3.63, 3.8) is 0 Å². The number of hydrogen-bond donors (Lipinski definition) is 0. The first kappa shape index (κ1) is 2.55. The Morgan fingerprint density at radius 1 is 2.00 bits per heavy atom. The van der Waals surface area contributed by atoms with Gasteiger partial charge in [-0.25, -0.2) is 0 Å². The fraction of sp³-hybridized carbons (Fsp3) is 0.333. The number of aryl methyl sites for hydroxylation is 1. The maximum Gasteiger partial charge on any atom is 0.0934 e. The van der Waals surface area contributed by atoms with Crippen molar-refractivity contribution < 1.29 is 7.16 Å². The number of furan rings is 1. The van der Waals surface area contributed by atoms with Crippen LogP contribution in [-0.2, 0) is 6.37 Å². The van der Waals surface area contributed by atoms with Gasteiger partial charge in [-0.2, -0.15) is 0 Å². The Hall–Kier alpha value is -0.720. The van der Waals surface area contributed by atoms with Crippen molar-refractivity contribution in [3.05, 3.63) is 24.2 Å². The van der Waals surface area contributed by atoms with Gasteiger partial charge in [-0.1, -0.05) is 6.92 Å². The summed E-state index contributed by atoms with van der Waals surface area (Å²) in [6.07, 6.45) is 1.61. The van der Waals surface area contributed by atoms with Crippen LogP contribution in [0.3, 0.4) is 0 Å². The summed E-state index contributed by atoms with van der Waals surface area (Å²) in [6, 6.07) is 1.62. The molecule has 38 valence electrons. The minimum atomic E-state index is -1.27.